The average Bonchev–Trinajstić information content (AvgIpc) is 3.98. The van der Waals surface area contributed by atoms with E-state index in [2.05, 4.69) is 16.0 Å². The summed E-state index contributed by atoms with van der Waals surface area (Å²) in [6, 6.07) is 6.52. The number of benzene rings is 1. The molecule has 6 rings (SSSR count). The first kappa shape index (κ1) is 60.8. The minimum Gasteiger partial charge on any atom is -0.454 e. The van der Waals surface area contributed by atoms with Crippen LogP contribution in [0.1, 0.15) is 120 Å². The summed E-state index contributed by atoms with van der Waals surface area (Å²) < 4.78 is 39.9. The first-order valence-corrected chi connectivity index (χ1v) is 27.8. The van der Waals surface area contributed by atoms with E-state index in [9.17, 15) is 29.4 Å². The lowest BCUT2D eigenvalue weighted by Gasteiger charge is -2.49. The van der Waals surface area contributed by atoms with Gasteiger partial charge in [-0.15, -0.1) is 0 Å². The van der Waals surface area contributed by atoms with Gasteiger partial charge in [0.2, 0.25) is 29.5 Å². The van der Waals surface area contributed by atoms with E-state index in [0.717, 1.165) is 5.56 Å². The van der Waals surface area contributed by atoms with Gasteiger partial charge in [-0.2, -0.15) is 0 Å². The highest BCUT2D eigenvalue weighted by Crippen LogP contribution is 2.42. The molecule has 0 spiro atoms. The van der Waals surface area contributed by atoms with Crippen LogP contribution in [-0.2, 0) is 58.8 Å². The number of aliphatic hydroxyl groups excluding tert-OH is 1. The highest BCUT2D eigenvalue weighted by Gasteiger charge is 2.54. The van der Waals surface area contributed by atoms with Crippen molar-refractivity contribution in [3.8, 4) is 0 Å². The molecule has 0 saturated carbocycles. The SMILES string of the molecule is CC[C@H](C)C1NC(=O)[C@H](C)[C@@H](O[C@H]2C[C@@](C)(OC)[C@@H](CO)[C@H](C)O2)[C@H](C)[C@@H](O[C@@H]2O[C@H](C)C[C@H]3[C@H]2O/C(=N/C(C)C)N3C)[C@](C)(O)C[C@@H](C)CN(C)C(=O)[C@@H]2CCCN2C(=O)[C@H](Cc2ccccc2)NC(=O)CNC1=O. The third-order valence-corrected chi connectivity index (χ3v) is 16.7. The highest BCUT2D eigenvalue weighted by atomic mass is 16.7. The lowest BCUT2D eigenvalue weighted by atomic mass is 9.77. The number of ether oxygens (including phenoxy) is 6. The van der Waals surface area contributed by atoms with Crippen molar-refractivity contribution in [1.82, 2.24) is 30.7 Å². The van der Waals surface area contributed by atoms with Gasteiger partial charge in [0.25, 0.3) is 6.02 Å². The lowest BCUT2D eigenvalue weighted by molar-refractivity contribution is -0.309. The number of fused-ring (bicyclic) bond motifs is 2. The molecule has 428 valence electrons. The Morgan fingerprint density at radius 2 is 1.62 bits per heavy atom. The Balaban J connectivity index is 1.43. The molecule has 1 aromatic carbocycles. The van der Waals surface area contributed by atoms with Crippen LogP contribution in [0.15, 0.2) is 35.3 Å². The number of likely N-dealkylation sites (N-methyl/N-ethyl adjacent to an activating group) is 2. The van der Waals surface area contributed by atoms with Crippen LogP contribution in [0.5, 0.6) is 0 Å². The van der Waals surface area contributed by atoms with E-state index in [1.807, 2.05) is 105 Å². The van der Waals surface area contributed by atoms with Crippen molar-refractivity contribution in [2.24, 2.45) is 34.6 Å². The van der Waals surface area contributed by atoms with E-state index >= 15 is 4.79 Å². The number of carbonyl (C=O) groups excluding carboxylic acids is 5. The first-order chi connectivity index (χ1) is 35.8. The van der Waals surface area contributed by atoms with E-state index in [-0.39, 0.29) is 62.4 Å². The predicted molar refractivity (Wildman–Crippen MR) is 284 cm³/mol. The van der Waals surface area contributed by atoms with Crippen LogP contribution in [0.3, 0.4) is 0 Å². The molecular formula is C56H91N7O13. The predicted octanol–water partition coefficient (Wildman–Crippen LogP) is 3.39. The third kappa shape index (κ3) is 14.2. The molecule has 5 N–H and O–H groups in total. The molecule has 5 heterocycles. The van der Waals surface area contributed by atoms with Crippen molar-refractivity contribution in [1.29, 1.82) is 0 Å². The third-order valence-electron chi connectivity index (χ3n) is 16.7. The van der Waals surface area contributed by atoms with Gasteiger partial charge in [-0.1, -0.05) is 71.4 Å². The standard InChI is InChI=1S/C56H91N7O13/c1-15-33(5)45-50(67)57-28-43(65)59-40(25-38-20-17-16-18-21-38)51(68)63-23-19-22-41(63)52(69)61(12)29-32(4)26-55(10,70)48(76-53-47-42(24-34(6)72-53)62(13)54(75-47)58-31(2)3)35(7)46(36(8)49(66)60-45)74-44-27-56(11,71-14)39(30-64)37(9)73-44/h16-18,20-21,31-37,39-42,44-48,53,64,70H,15,19,22-30H2,1-14H3,(H,57,67)(H,59,65)(H,60,66)/b58-54+/t32-,33+,34-,35+,36-,37+,39+,40+,41+,42+,44+,45?,46+,47-,48-,53+,55-,56-/m1/s1. The molecule has 0 aromatic heterocycles. The van der Waals surface area contributed by atoms with Gasteiger partial charge in [-0.3, -0.25) is 24.0 Å². The average molecular weight is 1070 g/mol. The number of carbonyl (C=O) groups is 5. The minimum absolute atomic E-state index is 0.0609. The second-order valence-electron chi connectivity index (χ2n) is 23.4. The number of hydrogen-bond donors (Lipinski definition) is 5. The van der Waals surface area contributed by atoms with Crippen LogP contribution in [0.2, 0.25) is 0 Å². The Morgan fingerprint density at radius 1 is 0.921 bits per heavy atom. The zero-order valence-corrected chi connectivity index (χ0v) is 47.7. The monoisotopic (exact) mass is 1070 g/mol. The Hall–Kier alpha value is -4.44. The number of nitrogens with one attached hydrogen (secondary N) is 3. The fraction of sp³-hybridized carbons (Fsp3) is 0.786. The summed E-state index contributed by atoms with van der Waals surface area (Å²) in [5.74, 6) is -5.50. The molecule has 76 heavy (non-hydrogen) atoms. The molecule has 5 amide bonds. The molecule has 18 atom stereocenters. The van der Waals surface area contributed by atoms with Gasteiger partial charge < -0.3 is 69.3 Å². The van der Waals surface area contributed by atoms with E-state index < -0.39 is 120 Å². The second kappa shape index (κ2) is 26.0. The van der Waals surface area contributed by atoms with E-state index in [0.29, 0.717) is 38.2 Å². The van der Waals surface area contributed by atoms with E-state index in [1.54, 1.807) is 37.8 Å². The number of aliphatic hydroxyl groups is 2. The van der Waals surface area contributed by atoms with Crippen molar-refractivity contribution >= 4 is 35.6 Å². The van der Waals surface area contributed by atoms with Gasteiger partial charge >= 0.3 is 0 Å². The van der Waals surface area contributed by atoms with Crippen molar-refractivity contribution < 1.29 is 62.6 Å². The Bertz CT molecular complexity index is 2170. The Morgan fingerprint density at radius 3 is 2.26 bits per heavy atom. The molecule has 1 aromatic rings. The molecule has 5 fully saturated rings. The fourth-order valence-corrected chi connectivity index (χ4v) is 12.3. The van der Waals surface area contributed by atoms with Gasteiger partial charge in [0, 0.05) is 65.0 Å². The highest BCUT2D eigenvalue weighted by molar-refractivity contribution is 5.95. The van der Waals surface area contributed by atoms with E-state index in [1.165, 1.54) is 0 Å². The summed E-state index contributed by atoms with van der Waals surface area (Å²) in [4.78, 5) is 82.2. The summed E-state index contributed by atoms with van der Waals surface area (Å²) in [6.45, 7) is 20.3. The smallest absolute Gasteiger partial charge is 0.288 e. The maximum Gasteiger partial charge on any atom is 0.288 e. The maximum atomic E-state index is 15.0. The zero-order valence-electron chi connectivity index (χ0n) is 47.7. The number of amides is 5. The van der Waals surface area contributed by atoms with Gasteiger partial charge in [0.05, 0.1) is 60.7 Å². The molecule has 5 saturated heterocycles. The second-order valence-corrected chi connectivity index (χ2v) is 23.4. The number of rotatable bonds is 11. The minimum atomic E-state index is -1.71. The largest absolute Gasteiger partial charge is 0.454 e. The van der Waals surface area contributed by atoms with Gasteiger partial charge in [-0.25, -0.2) is 4.99 Å². The molecular weight excluding hydrogens is 979 g/mol. The summed E-state index contributed by atoms with van der Waals surface area (Å²) in [7, 11) is 5.19. The molecule has 5 aliphatic rings. The van der Waals surface area contributed by atoms with Gasteiger partial charge in [0.15, 0.2) is 18.7 Å². The van der Waals surface area contributed by atoms with Crippen LogP contribution in [0.25, 0.3) is 0 Å². The van der Waals surface area contributed by atoms with Crippen molar-refractivity contribution in [2.75, 3.05) is 47.4 Å². The first-order valence-electron chi connectivity index (χ1n) is 27.8. The molecule has 5 aliphatic heterocycles. The maximum absolute atomic E-state index is 15.0. The van der Waals surface area contributed by atoms with Crippen molar-refractivity contribution in [2.45, 2.75) is 206 Å². The normalized spacial score (nSPS) is 38.9. The van der Waals surface area contributed by atoms with Crippen LogP contribution < -0.4 is 16.0 Å². The number of aliphatic imine (C=N–C) groups is 1. The Kier molecular flexibility index (Phi) is 20.8. The fourth-order valence-electron chi connectivity index (χ4n) is 12.3. The van der Waals surface area contributed by atoms with Crippen LogP contribution in [0, 0.1) is 29.6 Å². The quantitative estimate of drug-likeness (QED) is 0.214. The van der Waals surface area contributed by atoms with Crippen LogP contribution >= 0.6 is 0 Å². The molecule has 0 radical (unpaired) electrons. The topological polar surface area (TPSA) is 239 Å². The summed E-state index contributed by atoms with van der Waals surface area (Å²) >= 11 is 0. The molecule has 1 unspecified atom stereocenters. The zero-order chi connectivity index (χ0) is 56.0. The molecule has 20 nitrogen and oxygen atoms in total. The van der Waals surface area contributed by atoms with E-state index in [4.69, 9.17) is 33.4 Å². The van der Waals surface area contributed by atoms with Crippen LogP contribution in [-0.4, -0.2) is 192 Å². The summed E-state index contributed by atoms with van der Waals surface area (Å²) in [6.07, 6.45) is -3.18. The number of methoxy groups -OCH3 is 1. The number of nitrogens with zero attached hydrogens (tertiary/aromatic N) is 4. The number of amidine groups is 1. The summed E-state index contributed by atoms with van der Waals surface area (Å²) in [5, 5.41) is 32.3. The van der Waals surface area contributed by atoms with Crippen LogP contribution in [0.4, 0.5) is 0 Å². The van der Waals surface area contributed by atoms with Gasteiger partial charge in [-0.05, 0) is 84.6 Å². The summed E-state index contributed by atoms with van der Waals surface area (Å²) in [5.41, 5.74) is -1.81. The van der Waals surface area contributed by atoms with Gasteiger partial charge in [0.1, 0.15) is 18.1 Å². The van der Waals surface area contributed by atoms with Crippen molar-refractivity contribution in [3.05, 3.63) is 35.9 Å². The molecule has 20 heteroatoms. The molecule has 0 bridgehead atoms. The molecule has 0 aliphatic carbocycles. The Labute approximate surface area is 451 Å². The number of hydrogen-bond acceptors (Lipinski definition) is 14. The van der Waals surface area contributed by atoms with Crippen molar-refractivity contribution in [3.63, 3.8) is 0 Å². The lowest BCUT2D eigenvalue weighted by Crippen LogP contribution is -2.60.